The summed E-state index contributed by atoms with van der Waals surface area (Å²) in [4.78, 5) is 40.1. The van der Waals surface area contributed by atoms with Crippen molar-refractivity contribution in [3.05, 3.63) is 51.6 Å². The third-order valence-corrected chi connectivity index (χ3v) is 8.66. The zero-order valence-electron chi connectivity index (χ0n) is 24.6. The molecule has 1 saturated heterocycles. The molecule has 5 unspecified atom stereocenters. The third-order valence-electron chi connectivity index (χ3n) is 8.66. The molecule has 0 bridgehead atoms. The Hall–Kier alpha value is -3.90. The first kappa shape index (κ1) is 31.5. The summed E-state index contributed by atoms with van der Waals surface area (Å²) in [5, 5.41) is 57.7. The zero-order chi connectivity index (χ0) is 32.1. The Bertz CT molecular complexity index is 1570. The molecule has 5 rings (SSSR count). The van der Waals surface area contributed by atoms with Crippen molar-refractivity contribution in [3.63, 3.8) is 0 Å². The monoisotopic (exact) mass is 610 g/mol. The van der Waals surface area contributed by atoms with E-state index in [9.17, 15) is 40.1 Å². The van der Waals surface area contributed by atoms with Gasteiger partial charge in [0.2, 0.25) is 5.78 Å². The van der Waals surface area contributed by atoms with Crippen molar-refractivity contribution < 1.29 is 53.8 Å². The van der Waals surface area contributed by atoms with Gasteiger partial charge in [-0.05, 0) is 19.9 Å². The van der Waals surface area contributed by atoms with E-state index in [0.29, 0.717) is 0 Å². The van der Waals surface area contributed by atoms with Crippen molar-refractivity contribution in [1.82, 2.24) is 5.32 Å². The lowest BCUT2D eigenvalue weighted by atomic mass is 9.72. The standard InChI is InChI=1S/C31H34N2O11/c1-13-26(35)18(33-15(11-32)12-41-3)8-21(43-13)44-20-10-31(40,14(2)34)9-17-23(20)30(39)25-24(28(17)37)27(36)16-6-5-7-19(42-4)22(16)29(25)38/h5-7,13,15,18,20-21,26,33,35,37,39-40H,8-10,12H2,1-4H3/t13?,15?,18?,20-,21?,26?,31-/m0/s1. The van der Waals surface area contributed by atoms with E-state index in [-0.39, 0.29) is 47.5 Å². The van der Waals surface area contributed by atoms with E-state index in [4.69, 9.17) is 18.9 Å². The van der Waals surface area contributed by atoms with E-state index >= 15 is 0 Å². The van der Waals surface area contributed by atoms with Crippen LogP contribution in [0.15, 0.2) is 18.2 Å². The molecular weight excluding hydrogens is 576 g/mol. The predicted molar refractivity (Wildman–Crippen MR) is 151 cm³/mol. The summed E-state index contributed by atoms with van der Waals surface area (Å²) < 4.78 is 22.5. The Balaban J connectivity index is 1.59. The smallest absolute Gasteiger partial charge is 0.202 e. The molecule has 1 aliphatic heterocycles. The van der Waals surface area contributed by atoms with Crippen LogP contribution in [0.1, 0.15) is 75.8 Å². The van der Waals surface area contributed by atoms with Crippen LogP contribution in [0.2, 0.25) is 0 Å². The highest BCUT2D eigenvalue weighted by Gasteiger charge is 2.49. The van der Waals surface area contributed by atoms with E-state index in [1.807, 2.05) is 0 Å². The normalized spacial score (nSPS) is 28.3. The van der Waals surface area contributed by atoms with Crippen LogP contribution in [0.3, 0.4) is 0 Å². The summed E-state index contributed by atoms with van der Waals surface area (Å²) in [6.45, 7) is 2.82. The number of hydrogen-bond acceptors (Lipinski definition) is 13. The summed E-state index contributed by atoms with van der Waals surface area (Å²) in [7, 11) is 2.77. The first-order valence-electron chi connectivity index (χ1n) is 14.1. The lowest BCUT2D eigenvalue weighted by Gasteiger charge is -2.43. The molecule has 1 fully saturated rings. The summed E-state index contributed by atoms with van der Waals surface area (Å²) in [5.74, 6) is -3.33. The van der Waals surface area contributed by atoms with E-state index in [0.717, 1.165) is 0 Å². The zero-order valence-corrected chi connectivity index (χ0v) is 24.6. The number of ether oxygens (including phenoxy) is 4. The Kier molecular flexibility index (Phi) is 8.52. The molecule has 0 spiro atoms. The maximum absolute atomic E-state index is 13.8. The number of methoxy groups -OCH3 is 2. The van der Waals surface area contributed by atoms with Gasteiger partial charge in [0.1, 0.15) is 28.9 Å². The average molecular weight is 611 g/mol. The number of carbonyl (C=O) groups is 3. The molecule has 3 aliphatic rings. The lowest BCUT2D eigenvalue weighted by molar-refractivity contribution is -0.250. The van der Waals surface area contributed by atoms with E-state index in [1.165, 1.54) is 39.3 Å². The van der Waals surface area contributed by atoms with Crippen LogP contribution in [0.25, 0.3) is 0 Å². The number of Topliss-reactive ketones (excluding diaryl/α,β-unsaturated/α-hetero) is 1. The molecule has 2 aromatic rings. The van der Waals surface area contributed by atoms with Crippen LogP contribution >= 0.6 is 0 Å². The minimum absolute atomic E-state index is 0.0113. The molecule has 0 radical (unpaired) electrons. The van der Waals surface area contributed by atoms with Crippen LogP contribution in [0.5, 0.6) is 17.2 Å². The Morgan fingerprint density at radius 1 is 1.18 bits per heavy atom. The number of phenols is 2. The van der Waals surface area contributed by atoms with Gasteiger partial charge in [0.15, 0.2) is 17.9 Å². The second-order valence-electron chi connectivity index (χ2n) is 11.4. The SMILES string of the molecule is COCC(C#N)NC1CC(O[C@H]2C[C@](O)(C(C)=O)Cc3c(O)c4c(c(O)c32)C(=O)c2c(OC)cccc2C4=O)OC(C)C1O. The second kappa shape index (κ2) is 11.9. The van der Waals surface area contributed by atoms with Gasteiger partial charge in [-0.2, -0.15) is 5.26 Å². The Labute approximate surface area is 252 Å². The fraction of sp³-hybridized carbons (Fsp3) is 0.484. The first-order chi connectivity index (χ1) is 20.9. The lowest BCUT2D eigenvalue weighted by Crippen LogP contribution is -2.57. The molecule has 13 nitrogen and oxygen atoms in total. The molecule has 7 atom stereocenters. The van der Waals surface area contributed by atoms with Crippen molar-refractivity contribution in [2.75, 3.05) is 20.8 Å². The van der Waals surface area contributed by atoms with Gasteiger partial charge in [-0.1, -0.05) is 12.1 Å². The molecule has 1 heterocycles. The van der Waals surface area contributed by atoms with Crippen molar-refractivity contribution in [3.8, 4) is 23.3 Å². The predicted octanol–water partition coefficient (Wildman–Crippen LogP) is 1.20. The summed E-state index contributed by atoms with van der Waals surface area (Å²) >= 11 is 0. The summed E-state index contributed by atoms with van der Waals surface area (Å²) in [5.41, 5.74) is -3.26. The number of benzene rings is 2. The topological polar surface area (TPSA) is 205 Å². The van der Waals surface area contributed by atoms with E-state index < -0.39 is 88.7 Å². The fourth-order valence-corrected chi connectivity index (χ4v) is 6.34. The van der Waals surface area contributed by atoms with Crippen molar-refractivity contribution in [2.45, 2.75) is 75.4 Å². The largest absolute Gasteiger partial charge is 0.507 e. The highest BCUT2D eigenvalue weighted by molar-refractivity contribution is 6.31. The number of ketones is 3. The number of phenolic OH excluding ortho intramolecular Hbond substituents is 2. The Morgan fingerprint density at radius 3 is 2.52 bits per heavy atom. The van der Waals surface area contributed by atoms with Gasteiger partial charge in [0.25, 0.3) is 0 Å². The van der Waals surface area contributed by atoms with Gasteiger partial charge in [0, 0.05) is 49.1 Å². The maximum atomic E-state index is 13.8. The Morgan fingerprint density at radius 2 is 1.89 bits per heavy atom. The number of rotatable bonds is 8. The number of aromatic hydroxyl groups is 2. The highest BCUT2D eigenvalue weighted by Crippen LogP contribution is 2.52. The van der Waals surface area contributed by atoms with Gasteiger partial charge >= 0.3 is 0 Å². The molecule has 2 aliphatic carbocycles. The van der Waals surface area contributed by atoms with Gasteiger partial charge < -0.3 is 39.4 Å². The molecule has 234 valence electrons. The van der Waals surface area contributed by atoms with Crippen LogP contribution in [0.4, 0.5) is 0 Å². The number of nitrogens with zero attached hydrogens (tertiary/aromatic N) is 1. The average Bonchev–Trinajstić information content (AvgIpc) is 2.99. The molecule has 0 aromatic heterocycles. The van der Waals surface area contributed by atoms with Gasteiger partial charge in [-0.15, -0.1) is 0 Å². The van der Waals surface area contributed by atoms with Crippen LogP contribution in [0, 0.1) is 11.3 Å². The number of fused-ring (bicyclic) bond motifs is 3. The number of aliphatic hydroxyl groups excluding tert-OH is 1. The number of nitriles is 1. The number of nitrogens with one attached hydrogen (secondary N) is 1. The fourth-order valence-electron chi connectivity index (χ4n) is 6.34. The summed E-state index contributed by atoms with van der Waals surface area (Å²) in [6.07, 6.45) is -5.02. The number of carbonyl (C=O) groups excluding carboxylic acids is 3. The molecule has 44 heavy (non-hydrogen) atoms. The van der Waals surface area contributed by atoms with Crippen LogP contribution in [-0.4, -0.2) is 94.8 Å². The number of aliphatic hydroxyl groups is 2. The molecule has 5 N–H and O–H groups in total. The van der Waals surface area contributed by atoms with E-state index in [2.05, 4.69) is 11.4 Å². The first-order valence-corrected chi connectivity index (χ1v) is 14.1. The molecular formula is C31H34N2O11. The maximum Gasteiger partial charge on any atom is 0.202 e. The summed E-state index contributed by atoms with van der Waals surface area (Å²) in [6, 6.07) is 5.03. The van der Waals surface area contributed by atoms with E-state index in [1.54, 1.807) is 6.92 Å². The minimum Gasteiger partial charge on any atom is -0.507 e. The third kappa shape index (κ3) is 5.13. The van der Waals surface area contributed by atoms with Crippen molar-refractivity contribution in [2.24, 2.45) is 0 Å². The quantitative estimate of drug-likeness (QED) is 0.228. The highest BCUT2D eigenvalue weighted by atomic mass is 16.7. The molecule has 2 aromatic carbocycles. The van der Waals surface area contributed by atoms with Crippen LogP contribution in [-0.2, 0) is 25.4 Å². The molecule has 13 heteroatoms. The molecule has 0 saturated carbocycles. The minimum atomic E-state index is -2.06. The van der Waals surface area contributed by atoms with Gasteiger partial charge in [-0.25, -0.2) is 0 Å². The second-order valence-corrected chi connectivity index (χ2v) is 11.4. The van der Waals surface area contributed by atoms with Crippen LogP contribution < -0.4 is 10.1 Å². The van der Waals surface area contributed by atoms with Gasteiger partial charge in [0.05, 0.1) is 54.8 Å². The molecule has 0 amide bonds. The number of hydrogen-bond donors (Lipinski definition) is 5. The van der Waals surface area contributed by atoms with Crippen molar-refractivity contribution in [1.29, 1.82) is 5.26 Å². The van der Waals surface area contributed by atoms with Gasteiger partial charge in [-0.3, -0.25) is 19.7 Å². The van der Waals surface area contributed by atoms with Crippen molar-refractivity contribution >= 4 is 17.3 Å².